The molecule has 0 aliphatic rings. The van der Waals surface area contributed by atoms with Crippen molar-refractivity contribution >= 4 is 37.0 Å². The maximum atomic E-state index is 6.53. The van der Waals surface area contributed by atoms with Crippen LogP contribution in [0.1, 0.15) is 37.7 Å². The van der Waals surface area contributed by atoms with Gasteiger partial charge >= 0.3 is 15.1 Å². The monoisotopic (exact) mass is 568 g/mol. The number of rotatable bonds is 7. The predicted molar refractivity (Wildman–Crippen MR) is 171 cm³/mol. The van der Waals surface area contributed by atoms with E-state index in [2.05, 4.69) is 57.2 Å². The van der Waals surface area contributed by atoms with Crippen LogP contribution in [0, 0.1) is 13.8 Å². The van der Waals surface area contributed by atoms with Crippen LogP contribution in [0.25, 0.3) is 32.9 Å². The molecule has 0 fully saturated rings. The van der Waals surface area contributed by atoms with Gasteiger partial charge in [0.2, 0.25) is 0 Å². The maximum absolute atomic E-state index is 6.53. The van der Waals surface area contributed by atoms with Gasteiger partial charge < -0.3 is 11.4 Å². The second-order valence-electron chi connectivity index (χ2n) is 11.6. The van der Waals surface area contributed by atoms with Crippen molar-refractivity contribution in [3.05, 3.63) is 126 Å². The van der Waals surface area contributed by atoms with E-state index in [1.165, 1.54) is 5.56 Å². The maximum Gasteiger partial charge on any atom is 1.20 e. The van der Waals surface area contributed by atoms with E-state index in [0.29, 0.717) is 17.2 Å². The number of pyridine rings is 2. The average Bonchev–Trinajstić information content (AvgIpc) is 2.98. The minimum absolute atomic E-state index is 0.118. The van der Waals surface area contributed by atoms with Crippen LogP contribution in [0.2, 0.25) is 0 Å². The lowest BCUT2D eigenvalue weighted by Gasteiger charge is -2.19. The Bertz CT molecular complexity index is 1780. The lowest BCUT2D eigenvalue weighted by Crippen LogP contribution is -2.37. The Balaban J connectivity index is 1.32. The number of nitrogens with zero attached hydrogens (tertiary/aromatic N) is 2. The molecule has 0 amide bonds. The molecule has 6 heteroatoms. The van der Waals surface area contributed by atoms with Crippen LogP contribution in [0.5, 0.6) is 17.2 Å². The number of hydrogen-bond donors (Lipinski definition) is 0. The molecule has 2 heterocycles. The van der Waals surface area contributed by atoms with Gasteiger partial charge in [0.05, 0.1) is 5.75 Å². The number of aryl methyl sites for hydroxylation is 2. The highest BCUT2D eigenvalue weighted by Gasteiger charge is 2.45. The molecule has 0 unspecified atom stereocenters. The van der Waals surface area contributed by atoms with Crippen LogP contribution in [0.4, 0.5) is 0 Å². The van der Waals surface area contributed by atoms with Gasteiger partial charge in [-0.3, -0.25) is 0 Å². The molecule has 5 nitrogen and oxygen atoms in total. The zero-order valence-corrected chi connectivity index (χ0v) is 25.7. The fourth-order valence-electron chi connectivity index (χ4n) is 4.90. The number of para-hydroxylation sites is 2. The molecular formula is C36H33AlN2O3. The summed E-state index contributed by atoms with van der Waals surface area (Å²) in [5.41, 5.74) is 7.09. The summed E-state index contributed by atoms with van der Waals surface area (Å²) >= 11 is -2.86. The Morgan fingerprint density at radius 2 is 1.00 bits per heavy atom. The van der Waals surface area contributed by atoms with E-state index in [9.17, 15) is 0 Å². The molecule has 0 N–H and O–H groups in total. The van der Waals surface area contributed by atoms with Gasteiger partial charge in [0.25, 0.3) is 0 Å². The van der Waals surface area contributed by atoms with Crippen LogP contribution in [0.3, 0.4) is 0 Å². The van der Waals surface area contributed by atoms with Crippen molar-refractivity contribution in [2.45, 2.75) is 40.0 Å². The summed E-state index contributed by atoms with van der Waals surface area (Å²) in [6.07, 6.45) is 0. The van der Waals surface area contributed by atoms with Crippen LogP contribution in [0.15, 0.2) is 109 Å². The minimum atomic E-state index is -2.86. The molecule has 0 spiro atoms. The molecular weight excluding hydrogens is 535 g/mol. The standard InChI is InChI=1S/C16H18O.2C10H9NO.Al/c1-16(2,3)14-8-4-12(5-9-14)13-6-10-15(17)11-7-13;2*1-7-5-6-8-3-2-4-9(12)10(8)11-7;/h4-11,17H,1-3H3;2*2-6,12H,1H3;/q;;;+3/p-3. The average molecular weight is 569 g/mol. The third kappa shape index (κ3) is 6.11. The summed E-state index contributed by atoms with van der Waals surface area (Å²) in [4.78, 5) is 9.49. The van der Waals surface area contributed by atoms with Crippen molar-refractivity contribution < 1.29 is 11.4 Å². The van der Waals surface area contributed by atoms with Crippen molar-refractivity contribution in [3.8, 4) is 28.4 Å². The van der Waals surface area contributed by atoms with Gasteiger partial charge in [-0.25, -0.2) is 9.97 Å². The van der Waals surface area contributed by atoms with Crippen molar-refractivity contribution in [2.75, 3.05) is 0 Å². The highest BCUT2D eigenvalue weighted by atomic mass is 27.3. The topological polar surface area (TPSA) is 53.5 Å². The van der Waals surface area contributed by atoms with Crippen LogP contribution >= 0.6 is 0 Å². The predicted octanol–water partition coefficient (Wildman–Crippen LogP) is 8.89. The molecule has 0 bridgehead atoms. The Labute approximate surface area is 252 Å². The second kappa shape index (κ2) is 11.5. The molecule has 6 aromatic rings. The SMILES string of the molecule is Cc1ccc2cccc([O][Al]([O]c3ccc(-c4ccc(C(C)(C)C)cc4)cc3)[O]c3cccc4ccc(C)nc34)c2n1. The lowest BCUT2D eigenvalue weighted by atomic mass is 9.86. The van der Waals surface area contributed by atoms with Crippen molar-refractivity contribution in [3.63, 3.8) is 0 Å². The Morgan fingerprint density at radius 1 is 0.524 bits per heavy atom. The first-order valence-corrected chi connectivity index (χ1v) is 15.6. The van der Waals surface area contributed by atoms with Gasteiger partial charge in [0.15, 0.2) is 0 Å². The van der Waals surface area contributed by atoms with Crippen molar-refractivity contribution in [2.24, 2.45) is 0 Å². The van der Waals surface area contributed by atoms with Gasteiger partial charge in [-0.05, 0) is 72.4 Å². The molecule has 0 saturated heterocycles. The lowest BCUT2D eigenvalue weighted by molar-refractivity contribution is 0.310. The Kier molecular flexibility index (Phi) is 7.60. The zero-order chi connectivity index (χ0) is 29.3. The summed E-state index contributed by atoms with van der Waals surface area (Å²) in [5.74, 6) is 1.94. The molecule has 2 aromatic heterocycles. The Morgan fingerprint density at radius 3 is 1.48 bits per heavy atom. The normalized spacial score (nSPS) is 11.5. The smallest absolute Gasteiger partial charge is 0.577 e. The fraction of sp³-hybridized carbons (Fsp3) is 0.167. The number of aromatic nitrogens is 2. The zero-order valence-electron chi connectivity index (χ0n) is 24.6. The molecule has 208 valence electrons. The highest BCUT2D eigenvalue weighted by Crippen LogP contribution is 2.30. The third-order valence-electron chi connectivity index (χ3n) is 7.26. The van der Waals surface area contributed by atoms with Gasteiger partial charge in [-0.2, -0.15) is 0 Å². The summed E-state index contributed by atoms with van der Waals surface area (Å²) in [5, 5.41) is 1.99. The number of benzene rings is 4. The third-order valence-corrected chi connectivity index (χ3v) is 8.62. The van der Waals surface area contributed by atoms with Crippen LogP contribution in [-0.4, -0.2) is 25.1 Å². The highest BCUT2D eigenvalue weighted by molar-refractivity contribution is 6.40. The molecule has 6 rings (SSSR count). The molecule has 42 heavy (non-hydrogen) atoms. The van der Waals surface area contributed by atoms with E-state index >= 15 is 0 Å². The molecule has 0 aliphatic heterocycles. The molecule has 0 saturated carbocycles. The van der Waals surface area contributed by atoms with E-state index in [1.54, 1.807) is 0 Å². The first-order valence-electron chi connectivity index (χ1n) is 14.2. The second-order valence-corrected chi connectivity index (χ2v) is 12.8. The van der Waals surface area contributed by atoms with Crippen LogP contribution in [-0.2, 0) is 5.41 Å². The van der Waals surface area contributed by atoms with Crippen molar-refractivity contribution in [1.82, 2.24) is 9.97 Å². The first kappa shape index (κ1) is 27.8. The molecule has 4 aromatic carbocycles. The molecule has 0 aliphatic carbocycles. The van der Waals surface area contributed by atoms with Gasteiger partial charge in [0, 0.05) is 22.2 Å². The van der Waals surface area contributed by atoms with Gasteiger partial charge in [-0.15, -0.1) is 0 Å². The number of fused-ring (bicyclic) bond motifs is 2. The van der Waals surface area contributed by atoms with E-state index in [1.807, 2.05) is 86.6 Å². The summed E-state index contributed by atoms with van der Waals surface area (Å²) in [7, 11) is 0. The van der Waals surface area contributed by atoms with Gasteiger partial charge in [0.1, 0.15) is 22.5 Å². The minimum Gasteiger partial charge on any atom is -0.577 e. The summed E-state index contributed by atoms with van der Waals surface area (Å²) in [6, 6.07) is 36.7. The Hall–Kier alpha value is -4.37. The number of hydrogen-bond acceptors (Lipinski definition) is 5. The van der Waals surface area contributed by atoms with E-state index in [4.69, 9.17) is 21.3 Å². The van der Waals surface area contributed by atoms with Crippen LogP contribution < -0.4 is 11.4 Å². The quantitative estimate of drug-likeness (QED) is 0.180. The summed E-state index contributed by atoms with van der Waals surface area (Å²) < 4.78 is 19.5. The van der Waals surface area contributed by atoms with Crippen molar-refractivity contribution in [1.29, 1.82) is 0 Å². The van der Waals surface area contributed by atoms with Gasteiger partial charge in [-0.1, -0.05) is 93.6 Å². The fourth-order valence-corrected chi connectivity index (χ4v) is 6.22. The molecule has 0 atom stereocenters. The largest absolute Gasteiger partial charge is 1.20 e. The summed E-state index contributed by atoms with van der Waals surface area (Å²) in [6.45, 7) is 10.6. The first-order chi connectivity index (χ1) is 20.2. The van der Waals surface area contributed by atoms with E-state index < -0.39 is 15.1 Å². The molecule has 0 radical (unpaired) electrons. The van der Waals surface area contributed by atoms with E-state index in [-0.39, 0.29) is 5.41 Å². The van der Waals surface area contributed by atoms with E-state index in [0.717, 1.165) is 44.3 Å².